The second-order valence-corrected chi connectivity index (χ2v) is 7.25. The number of hydrogen-bond donors (Lipinski definition) is 1. The van der Waals surface area contributed by atoms with E-state index in [1.165, 1.54) is 36.2 Å². The monoisotopic (exact) mass is 449 g/mol. The maximum absolute atomic E-state index is 13.2. The van der Waals surface area contributed by atoms with Crippen LogP contribution in [-0.2, 0) is 17.0 Å². The van der Waals surface area contributed by atoms with E-state index in [0.29, 0.717) is 34.1 Å². The summed E-state index contributed by atoms with van der Waals surface area (Å²) in [6.45, 7) is 0. The van der Waals surface area contributed by atoms with E-state index in [-0.39, 0.29) is 29.7 Å². The van der Waals surface area contributed by atoms with Gasteiger partial charge in [-0.15, -0.1) is 10.2 Å². The Kier molecular flexibility index (Phi) is 6.10. The molecule has 12 heteroatoms. The molecule has 0 saturated carbocycles. The number of furan rings is 1. The van der Waals surface area contributed by atoms with E-state index in [1.54, 1.807) is 12.1 Å². The van der Waals surface area contributed by atoms with Crippen LogP contribution in [0.15, 0.2) is 55.2 Å². The molecule has 0 aliphatic heterocycles. The molecule has 1 N–H and O–H groups in total. The van der Waals surface area contributed by atoms with Crippen molar-refractivity contribution < 1.29 is 22.5 Å². The van der Waals surface area contributed by atoms with Gasteiger partial charge in [0, 0.05) is 18.5 Å². The fraction of sp³-hybridized carbons (Fsp3) is 0.167. The maximum Gasteiger partial charge on any atom is 0.284 e. The van der Waals surface area contributed by atoms with Crippen molar-refractivity contribution in [2.75, 3.05) is 5.32 Å². The number of carbonyl (C=O) groups is 1. The Morgan fingerprint density at radius 3 is 2.97 bits per heavy atom. The molecule has 3 heterocycles. The predicted molar refractivity (Wildman–Crippen MR) is 104 cm³/mol. The average Bonchev–Trinajstić information content (AvgIpc) is 3.49. The lowest BCUT2D eigenvalue weighted by atomic mass is 10.2. The number of anilines is 1. The number of thioether (sulfide) groups is 1. The zero-order chi connectivity index (χ0) is 20.9. The minimum atomic E-state index is -0.552. The number of nitrogens with one attached hydrogen (secondary N) is 1. The van der Waals surface area contributed by atoms with Gasteiger partial charge in [0.05, 0.1) is 17.0 Å². The molecule has 1 aromatic carbocycles. The van der Waals surface area contributed by atoms with Gasteiger partial charge in [0.15, 0.2) is 11.6 Å². The highest BCUT2D eigenvalue weighted by Crippen LogP contribution is 2.25. The van der Waals surface area contributed by atoms with E-state index < -0.39 is 5.82 Å². The van der Waals surface area contributed by atoms with Crippen LogP contribution >= 0.6 is 23.4 Å². The molecule has 30 heavy (non-hydrogen) atoms. The number of aryl methyl sites for hydroxylation is 1. The summed E-state index contributed by atoms with van der Waals surface area (Å²) in [5, 5.41) is 14.6. The van der Waals surface area contributed by atoms with E-state index >= 15 is 0 Å². The van der Waals surface area contributed by atoms with Crippen molar-refractivity contribution in [3.05, 3.63) is 59.1 Å². The van der Waals surface area contributed by atoms with Gasteiger partial charge in [-0.05, 0) is 30.3 Å². The molecule has 4 aromatic rings. The summed E-state index contributed by atoms with van der Waals surface area (Å²) >= 11 is 6.94. The van der Waals surface area contributed by atoms with Crippen molar-refractivity contribution in [3.63, 3.8) is 0 Å². The van der Waals surface area contributed by atoms with Crippen molar-refractivity contribution in [2.45, 2.75) is 23.8 Å². The zero-order valence-corrected chi connectivity index (χ0v) is 16.7. The third-order valence-corrected chi connectivity index (χ3v) is 4.85. The van der Waals surface area contributed by atoms with Gasteiger partial charge in [0.2, 0.25) is 11.8 Å². The van der Waals surface area contributed by atoms with E-state index in [2.05, 4.69) is 25.7 Å². The number of amides is 1. The first-order chi connectivity index (χ1) is 14.6. The SMILES string of the molecule is O=C(CCc1nc(CSc2nnc(-c3ccco3)o2)no1)Nc1ccc(F)c(Cl)c1. The van der Waals surface area contributed by atoms with Crippen LogP contribution in [0.3, 0.4) is 0 Å². The Morgan fingerprint density at radius 1 is 1.27 bits per heavy atom. The molecule has 3 aromatic heterocycles. The Balaban J connectivity index is 1.25. The molecule has 0 atom stereocenters. The van der Waals surface area contributed by atoms with Gasteiger partial charge in [0.1, 0.15) is 5.82 Å². The van der Waals surface area contributed by atoms with Crippen molar-refractivity contribution in [1.29, 1.82) is 0 Å². The fourth-order valence-corrected chi connectivity index (χ4v) is 3.15. The first-order valence-electron chi connectivity index (χ1n) is 8.63. The van der Waals surface area contributed by atoms with Crippen LogP contribution in [0.4, 0.5) is 10.1 Å². The highest BCUT2D eigenvalue weighted by atomic mass is 35.5. The van der Waals surface area contributed by atoms with Gasteiger partial charge in [-0.25, -0.2) is 4.39 Å². The Bertz CT molecular complexity index is 1150. The number of halogens is 2. The molecule has 1 amide bonds. The number of hydrogen-bond acceptors (Lipinski definition) is 9. The summed E-state index contributed by atoms with van der Waals surface area (Å²) in [7, 11) is 0. The molecular formula is C18H13ClFN5O4S. The van der Waals surface area contributed by atoms with Gasteiger partial charge in [0.25, 0.3) is 11.1 Å². The lowest BCUT2D eigenvalue weighted by Gasteiger charge is -2.04. The van der Waals surface area contributed by atoms with Gasteiger partial charge in [-0.1, -0.05) is 28.5 Å². The molecule has 0 saturated heterocycles. The van der Waals surface area contributed by atoms with E-state index in [9.17, 15) is 9.18 Å². The number of carbonyl (C=O) groups excluding carboxylic acids is 1. The Labute approximate surface area is 178 Å². The minimum Gasteiger partial charge on any atom is -0.459 e. The average molecular weight is 450 g/mol. The molecule has 4 rings (SSSR count). The second-order valence-electron chi connectivity index (χ2n) is 5.92. The second kappa shape index (κ2) is 9.09. The van der Waals surface area contributed by atoms with Crippen LogP contribution in [0, 0.1) is 5.82 Å². The Morgan fingerprint density at radius 2 is 2.17 bits per heavy atom. The molecule has 0 aliphatic rings. The minimum absolute atomic E-state index is 0.0654. The van der Waals surface area contributed by atoms with Gasteiger partial charge in [-0.3, -0.25) is 4.79 Å². The first kappa shape index (κ1) is 20.1. The molecule has 0 spiro atoms. The predicted octanol–water partition coefficient (Wildman–Crippen LogP) is 4.37. The van der Waals surface area contributed by atoms with Crippen molar-refractivity contribution >= 4 is 35.0 Å². The molecule has 0 aliphatic carbocycles. The van der Waals surface area contributed by atoms with Crippen LogP contribution in [0.25, 0.3) is 11.7 Å². The summed E-state index contributed by atoms with van der Waals surface area (Å²) in [5.41, 5.74) is 0.405. The summed E-state index contributed by atoms with van der Waals surface area (Å²) in [5.74, 6) is 1.02. The number of nitrogens with zero attached hydrogens (tertiary/aromatic N) is 4. The summed E-state index contributed by atoms with van der Waals surface area (Å²) in [4.78, 5) is 16.3. The molecule has 0 radical (unpaired) electrons. The molecule has 0 fully saturated rings. The van der Waals surface area contributed by atoms with Gasteiger partial charge >= 0.3 is 0 Å². The highest BCUT2D eigenvalue weighted by molar-refractivity contribution is 7.98. The summed E-state index contributed by atoms with van der Waals surface area (Å²) < 4.78 is 29.0. The molecule has 0 bridgehead atoms. The number of benzene rings is 1. The lowest BCUT2D eigenvalue weighted by molar-refractivity contribution is -0.116. The summed E-state index contributed by atoms with van der Waals surface area (Å²) in [6.07, 6.45) is 1.88. The fourth-order valence-electron chi connectivity index (χ4n) is 2.36. The number of rotatable bonds is 8. The van der Waals surface area contributed by atoms with E-state index in [4.69, 9.17) is 25.0 Å². The van der Waals surface area contributed by atoms with Crippen molar-refractivity contribution in [1.82, 2.24) is 20.3 Å². The Hall–Kier alpha value is -3.18. The lowest BCUT2D eigenvalue weighted by Crippen LogP contribution is -2.12. The number of aromatic nitrogens is 4. The first-order valence-corrected chi connectivity index (χ1v) is 10.00. The molecule has 0 unspecified atom stereocenters. The standard InChI is InChI=1S/C18H13ClFN5O4S/c19-11-8-10(3-4-12(11)20)21-15(26)5-6-16-22-14(25-29-16)9-30-18-24-23-17(28-18)13-2-1-7-27-13/h1-4,7-8H,5-6,9H2,(H,21,26). The van der Waals surface area contributed by atoms with E-state index in [1.807, 2.05) is 0 Å². The van der Waals surface area contributed by atoms with Gasteiger partial charge < -0.3 is 18.7 Å². The van der Waals surface area contributed by atoms with Crippen LogP contribution < -0.4 is 5.32 Å². The zero-order valence-electron chi connectivity index (χ0n) is 15.2. The molecule has 9 nitrogen and oxygen atoms in total. The van der Waals surface area contributed by atoms with Crippen LogP contribution in [0.2, 0.25) is 5.02 Å². The summed E-state index contributed by atoms with van der Waals surface area (Å²) in [6, 6.07) is 7.39. The van der Waals surface area contributed by atoms with Crippen LogP contribution in [0.5, 0.6) is 0 Å². The maximum atomic E-state index is 13.2. The largest absolute Gasteiger partial charge is 0.459 e. The van der Waals surface area contributed by atoms with Crippen molar-refractivity contribution in [3.8, 4) is 11.7 Å². The van der Waals surface area contributed by atoms with Crippen LogP contribution in [0.1, 0.15) is 18.1 Å². The normalized spacial score (nSPS) is 11.0. The smallest absolute Gasteiger partial charge is 0.284 e. The van der Waals surface area contributed by atoms with Gasteiger partial charge in [-0.2, -0.15) is 4.98 Å². The molecule has 154 valence electrons. The topological polar surface area (TPSA) is 120 Å². The third-order valence-electron chi connectivity index (χ3n) is 3.74. The van der Waals surface area contributed by atoms with E-state index in [0.717, 1.165) is 0 Å². The van der Waals surface area contributed by atoms with Crippen LogP contribution in [-0.4, -0.2) is 26.2 Å². The van der Waals surface area contributed by atoms with Crippen molar-refractivity contribution in [2.24, 2.45) is 0 Å². The molecular weight excluding hydrogens is 437 g/mol. The quantitative estimate of drug-likeness (QED) is 0.391. The highest BCUT2D eigenvalue weighted by Gasteiger charge is 2.14. The third kappa shape index (κ3) is 5.05.